The van der Waals surface area contributed by atoms with Crippen molar-refractivity contribution in [2.75, 3.05) is 37.6 Å². The summed E-state index contributed by atoms with van der Waals surface area (Å²) in [7, 11) is 0. The molecular weight excluding hydrogens is 470 g/mol. The number of benzene rings is 2. The highest BCUT2D eigenvalue weighted by molar-refractivity contribution is 5.94. The summed E-state index contributed by atoms with van der Waals surface area (Å²) >= 11 is 0. The maximum absolute atomic E-state index is 14.8. The van der Waals surface area contributed by atoms with Gasteiger partial charge in [-0.1, -0.05) is 19.0 Å². The van der Waals surface area contributed by atoms with Crippen molar-refractivity contribution in [2.24, 2.45) is 11.0 Å². The van der Waals surface area contributed by atoms with Crippen LogP contribution in [0.1, 0.15) is 30.6 Å². The highest BCUT2D eigenvalue weighted by atomic mass is 19.1. The first kappa shape index (κ1) is 26.7. The molecule has 1 fully saturated rings. The van der Waals surface area contributed by atoms with Gasteiger partial charge in [-0.15, -0.1) is 0 Å². The number of azide groups is 1. The van der Waals surface area contributed by atoms with Crippen LogP contribution in [0.25, 0.3) is 27.0 Å². The first-order valence-corrected chi connectivity index (χ1v) is 11.6. The molecule has 9 nitrogen and oxygen atoms in total. The van der Waals surface area contributed by atoms with E-state index in [-0.39, 0.29) is 5.39 Å². The first-order chi connectivity index (χ1) is 17.2. The summed E-state index contributed by atoms with van der Waals surface area (Å²) in [5.74, 6) is -1.80. The molecule has 2 heterocycles. The van der Waals surface area contributed by atoms with Crippen molar-refractivity contribution in [1.82, 2.24) is 9.88 Å². The second kappa shape index (κ2) is 12.1. The number of aromatic nitrogens is 1. The average Bonchev–Trinajstić information content (AvgIpc) is 2.86. The monoisotopic (exact) mass is 498 g/mol. The number of nitrogens with one attached hydrogen (secondary N) is 1. The molecule has 2 N–H and O–H groups in total. The highest BCUT2D eigenvalue weighted by Crippen LogP contribution is 2.27. The lowest BCUT2D eigenvalue weighted by atomic mass is 10.1. The van der Waals surface area contributed by atoms with Crippen molar-refractivity contribution in [3.05, 3.63) is 80.5 Å². The lowest BCUT2D eigenvalue weighted by Gasteiger charge is -2.30. The van der Waals surface area contributed by atoms with Crippen LogP contribution in [0, 0.1) is 17.6 Å². The summed E-state index contributed by atoms with van der Waals surface area (Å²) < 4.78 is 29.6. The van der Waals surface area contributed by atoms with E-state index in [2.05, 4.69) is 29.2 Å². The second-order valence-electron chi connectivity index (χ2n) is 8.72. The third-order valence-corrected chi connectivity index (χ3v) is 5.73. The topological polar surface area (TPSA) is 123 Å². The lowest BCUT2D eigenvalue weighted by Crippen LogP contribution is -2.43. The zero-order chi connectivity index (χ0) is 26.2. The molecule has 0 radical (unpaired) electrons. The number of fused-ring (bicyclic) bond motifs is 1. The number of nitrogens with zero attached hydrogens (tertiary/aromatic N) is 5. The molecule has 1 aliphatic rings. The zero-order valence-electron chi connectivity index (χ0n) is 20.1. The van der Waals surface area contributed by atoms with Crippen molar-refractivity contribution in [1.29, 1.82) is 0 Å². The van der Waals surface area contributed by atoms with Crippen LogP contribution in [0.2, 0.25) is 0 Å². The van der Waals surface area contributed by atoms with Crippen molar-refractivity contribution >= 4 is 22.6 Å². The molecule has 1 aromatic heterocycles. The summed E-state index contributed by atoms with van der Waals surface area (Å²) in [6.45, 7) is 7.47. The number of carbonyl (C=O) groups is 1. The molecule has 0 atom stereocenters. The Morgan fingerprint density at radius 2 is 1.86 bits per heavy atom. The van der Waals surface area contributed by atoms with Crippen LogP contribution in [0.15, 0.2) is 52.5 Å². The van der Waals surface area contributed by atoms with Gasteiger partial charge >= 0.3 is 5.97 Å². The summed E-state index contributed by atoms with van der Waals surface area (Å²) in [5, 5.41) is 15.9. The Morgan fingerprint density at radius 1 is 1.19 bits per heavy atom. The fraction of sp³-hybridized carbons (Fsp3) is 0.360. The maximum Gasteiger partial charge on any atom is 0.341 e. The van der Waals surface area contributed by atoms with Gasteiger partial charge in [-0.3, -0.25) is 4.79 Å². The van der Waals surface area contributed by atoms with E-state index in [4.69, 9.17) is 5.53 Å². The minimum atomic E-state index is -1.41. The van der Waals surface area contributed by atoms with E-state index in [1.165, 1.54) is 35.0 Å². The van der Waals surface area contributed by atoms with Gasteiger partial charge in [-0.2, -0.15) is 0 Å². The minimum Gasteiger partial charge on any atom is -0.477 e. The molecule has 3 aromatic rings. The van der Waals surface area contributed by atoms with Gasteiger partial charge in [-0.05, 0) is 54.3 Å². The van der Waals surface area contributed by atoms with E-state index in [9.17, 15) is 23.5 Å². The molecule has 1 saturated heterocycles. The van der Waals surface area contributed by atoms with Crippen molar-refractivity contribution in [3.63, 3.8) is 0 Å². The predicted molar refractivity (Wildman–Crippen MR) is 135 cm³/mol. The zero-order valence-corrected chi connectivity index (χ0v) is 20.1. The van der Waals surface area contributed by atoms with Crippen LogP contribution in [0.4, 0.5) is 14.5 Å². The van der Waals surface area contributed by atoms with Gasteiger partial charge < -0.3 is 19.9 Å². The van der Waals surface area contributed by atoms with Crippen LogP contribution in [0.3, 0.4) is 0 Å². The second-order valence-corrected chi connectivity index (χ2v) is 8.72. The number of aromatic carboxylic acids is 1. The summed E-state index contributed by atoms with van der Waals surface area (Å²) in [4.78, 5) is 28.6. The van der Waals surface area contributed by atoms with E-state index in [1.807, 2.05) is 4.90 Å². The Morgan fingerprint density at radius 3 is 2.44 bits per heavy atom. The molecule has 0 aliphatic carbocycles. The number of rotatable bonds is 6. The maximum atomic E-state index is 14.8. The number of hydrogen-bond acceptors (Lipinski definition) is 5. The summed E-state index contributed by atoms with van der Waals surface area (Å²) in [6.07, 6.45) is 2.18. The minimum absolute atomic E-state index is 0.0411. The number of anilines is 1. The summed E-state index contributed by atoms with van der Waals surface area (Å²) in [6, 6.07) is 8.05. The van der Waals surface area contributed by atoms with Gasteiger partial charge in [0.2, 0.25) is 5.43 Å². The van der Waals surface area contributed by atoms with Crippen molar-refractivity contribution < 1.29 is 18.7 Å². The van der Waals surface area contributed by atoms with E-state index >= 15 is 0 Å². The van der Waals surface area contributed by atoms with Crippen LogP contribution < -0.4 is 15.6 Å². The van der Waals surface area contributed by atoms with Crippen LogP contribution in [0.5, 0.6) is 0 Å². The molecule has 0 saturated carbocycles. The van der Waals surface area contributed by atoms with E-state index in [0.29, 0.717) is 55.5 Å². The van der Waals surface area contributed by atoms with Gasteiger partial charge in [-0.25, -0.2) is 13.6 Å². The van der Waals surface area contributed by atoms with E-state index in [0.717, 1.165) is 12.5 Å². The smallest absolute Gasteiger partial charge is 0.341 e. The van der Waals surface area contributed by atoms with Gasteiger partial charge in [0.1, 0.15) is 17.2 Å². The Kier molecular flexibility index (Phi) is 8.99. The van der Waals surface area contributed by atoms with Crippen LogP contribution in [-0.2, 0) is 0 Å². The van der Waals surface area contributed by atoms with Gasteiger partial charge in [0.25, 0.3) is 0 Å². The Labute approximate surface area is 206 Å². The normalized spacial score (nSPS) is 13.2. The summed E-state index contributed by atoms with van der Waals surface area (Å²) in [5.41, 5.74) is 7.76. The largest absolute Gasteiger partial charge is 0.477 e. The molecule has 1 aliphatic heterocycles. The number of carboxylic acids is 1. The van der Waals surface area contributed by atoms with Gasteiger partial charge in [0.15, 0.2) is 0 Å². The SMILES string of the molecule is CC(C)CCN=[N+]=[N-].O=C(O)c1cn(-c2ccc(F)cc2)c2cc(N3CCNCC3)c(F)cc2c1=O. The Hall–Kier alpha value is -3.95. The first-order valence-electron chi connectivity index (χ1n) is 11.6. The Bertz CT molecular complexity index is 1330. The van der Waals surface area contributed by atoms with Crippen LogP contribution in [-0.4, -0.2) is 48.4 Å². The fourth-order valence-electron chi connectivity index (χ4n) is 3.81. The number of carboxylic acid groups (broad SMARTS) is 1. The number of pyridine rings is 1. The van der Waals surface area contributed by atoms with E-state index < -0.39 is 28.6 Å². The van der Waals surface area contributed by atoms with E-state index in [1.54, 1.807) is 6.07 Å². The molecule has 0 bridgehead atoms. The Balaban J connectivity index is 0.000000392. The molecule has 11 heteroatoms. The van der Waals surface area contributed by atoms with Crippen LogP contribution >= 0.6 is 0 Å². The van der Waals surface area contributed by atoms with Gasteiger partial charge in [0.05, 0.1) is 11.2 Å². The quantitative estimate of drug-likeness (QED) is 0.289. The molecule has 2 aromatic carbocycles. The average molecular weight is 499 g/mol. The number of halogens is 2. The fourth-order valence-corrected chi connectivity index (χ4v) is 3.81. The standard InChI is InChI=1S/C20H17F2N3O3.C5H11N3/c21-12-1-3-13(4-2-12)25-11-15(20(27)28)19(26)14-9-16(22)18(10-17(14)25)24-7-5-23-6-8-24;1-5(2)3-4-7-8-6/h1-4,9-11,23H,5-8H2,(H,27,28);5H,3-4H2,1-2H3. The molecule has 4 rings (SSSR count). The van der Waals surface area contributed by atoms with Crippen molar-refractivity contribution in [3.8, 4) is 5.69 Å². The molecule has 0 amide bonds. The molecular formula is C25H28F2N6O3. The van der Waals surface area contributed by atoms with Gasteiger partial charge in [0, 0.05) is 54.9 Å². The third kappa shape index (κ3) is 6.38. The molecule has 0 spiro atoms. The number of piperazine rings is 1. The number of hydrogen-bond donors (Lipinski definition) is 2. The highest BCUT2D eigenvalue weighted by Gasteiger charge is 2.21. The predicted octanol–water partition coefficient (Wildman–Crippen LogP) is 4.72. The molecule has 36 heavy (non-hydrogen) atoms. The molecule has 0 unspecified atom stereocenters. The lowest BCUT2D eigenvalue weighted by molar-refractivity contribution is 0.0695. The third-order valence-electron chi connectivity index (χ3n) is 5.73. The van der Waals surface area contributed by atoms with Crippen molar-refractivity contribution in [2.45, 2.75) is 20.3 Å². The molecule has 190 valence electrons.